The summed E-state index contributed by atoms with van der Waals surface area (Å²) < 4.78 is 13.8. The van der Waals surface area contributed by atoms with Gasteiger partial charge in [-0.1, -0.05) is 12.0 Å². The summed E-state index contributed by atoms with van der Waals surface area (Å²) in [7, 11) is 0. The molecule has 4 heteroatoms. The van der Waals surface area contributed by atoms with Gasteiger partial charge in [0, 0.05) is 41.9 Å². The molecule has 154 valence electrons. The van der Waals surface area contributed by atoms with Crippen molar-refractivity contribution in [3.63, 3.8) is 0 Å². The highest BCUT2D eigenvalue weighted by Crippen LogP contribution is 2.49. The second-order valence-electron chi connectivity index (χ2n) is 8.78. The lowest BCUT2D eigenvalue weighted by molar-refractivity contribution is -0.119. The number of ketones is 1. The highest BCUT2D eigenvalue weighted by Gasteiger charge is 2.38. The summed E-state index contributed by atoms with van der Waals surface area (Å²) in [4.78, 5) is 21.2. The number of carbonyl (C=O) groups is 1. The third-order valence-electron chi connectivity index (χ3n) is 6.68. The summed E-state index contributed by atoms with van der Waals surface area (Å²) in [6.45, 7) is 0. The SMILES string of the molecule is C#Cc1ccc(CC(=O)C[C@H]2C[C@@H]3CC(c4ccnc5ccc(F)cc45)=C[C@@H]3C2)nc1. The van der Waals surface area contributed by atoms with Gasteiger partial charge in [-0.25, -0.2) is 4.39 Å². The van der Waals surface area contributed by atoms with Gasteiger partial charge >= 0.3 is 0 Å². The second-order valence-corrected chi connectivity index (χ2v) is 8.78. The Morgan fingerprint density at radius 1 is 1.16 bits per heavy atom. The summed E-state index contributed by atoms with van der Waals surface area (Å²) in [6.07, 6.45) is 15.2. The topological polar surface area (TPSA) is 42.9 Å². The number of allylic oxidation sites excluding steroid dienone is 2. The number of hydrogen-bond donors (Lipinski definition) is 0. The van der Waals surface area contributed by atoms with Crippen LogP contribution in [-0.4, -0.2) is 15.8 Å². The number of terminal acetylenes is 1. The fourth-order valence-electron chi connectivity index (χ4n) is 5.30. The third kappa shape index (κ3) is 4.01. The van der Waals surface area contributed by atoms with Gasteiger partial charge in [-0.2, -0.15) is 0 Å². The van der Waals surface area contributed by atoms with Crippen LogP contribution in [0, 0.1) is 35.9 Å². The average molecular weight is 410 g/mol. The maximum atomic E-state index is 13.8. The van der Waals surface area contributed by atoms with Crippen molar-refractivity contribution in [3.8, 4) is 12.3 Å². The number of pyridine rings is 2. The molecule has 0 saturated heterocycles. The number of hydrogen-bond acceptors (Lipinski definition) is 3. The van der Waals surface area contributed by atoms with Gasteiger partial charge in [-0.3, -0.25) is 14.8 Å². The Hall–Kier alpha value is -3.32. The molecule has 2 aromatic heterocycles. The molecule has 0 aliphatic heterocycles. The summed E-state index contributed by atoms with van der Waals surface area (Å²) in [6, 6.07) is 10.4. The van der Waals surface area contributed by atoms with Crippen molar-refractivity contribution < 1.29 is 9.18 Å². The predicted molar refractivity (Wildman–Crippen MR) is 119 cm³/mol. The Balaban J connectivity index is 1.24. The summed E-state index contributed by atoms with van der Waals surface area (Å²) in [5, 5.41) is 0.879. The molecule has 0 amide bonds. The number of carbonyl (C=O) groups excluding carboxylic acids is 1. The molecule has 3 nitrogen and oxygen atoms in total. The van der Waals surface area contributed by atoms with Crippen LogP contribution in [0.25, 0.3) is 16.5 Å². The van der Waals surface area contributed by atoms with Crippen LogP contribution in [0.1, 0.15) is 42.5 Å². The normalized spacial score (nSPS) is 22.2. The minimum absolute atomic E-state index is 0.234. The molecule has 5 rings (SSSR count). The van der Waals surface area contributed by atoms with E-state index in [1.54, 1.807) is 24.5 Å². The molecule has 1 aromatic carbocycles. The van der Waals surface area contributed by atoms with E-state index in [0.717, 1.165) is 47.0 Å². The van der Waals surface area contributed by atoms with E-state index in [4.69, 9.17) is 6.42 Å². The van der Waals surface area contributed by atoms with Crippen LogP contribution < -0.4 is 0 Å². The summed E-state index contributed by atoms with van der Waals surface area (Å²) in [5.74, 6) is 4.04. The summed E-state index contributed by atoms with van der Waals surface area (Å²) >= 11 is 0. The van der Waals surface area contributed by atoms with Crippen LogP contribution in [0.4, 0.5) is 4.39 Å². The van der Waals surface area contributed by atoms with Crippen molar-refractivity contribution in [2.24, 2.45) is 17.8 Å². The van der Waals surface area contributed by atoms with Crippen LogP contribution in [0.5, 0.6) is 0 Å². The molecule has 1 saturated carbocycles. The first kappa shape index (κ1) is 19.6. The Bertz CT molecular complexity index is 1220. The van der Waals surface area contributed by atoms with E-state index in [1.165, 1.54) is 11.6 Å². The number of benzene rings is 1. The standard InChI is InChI=1S/C27H23FN2O/c1-2-17-3-5-23(30-16-17)15-24(31)11-18-9-19-12-21(13-20(19)10-18)25-7-8-29-27-6-4-22(28)14-26(25)27/h1,3-8,12,14,16,18-20H,9-11,13,15H2/t18-,19+,20-/m1/s1. The monoisotopic (exact) mass is 410 g/mol. The van der Waals surface area contributed by atoms with E-state index in [1.807, 2.05) is 18.2 Å². The van der Waals surface area contributed by atoms with Crippen molar-refractivity contribution in [2.75, 3.05) is 0 Å². The molecule has 2 aliphatic carbocycles. The van der Waals surface area contributed by atoms with Gasteiger partial charge in [-0.15, -0.1) is 6.42 Å². The molecule has 0 N–H and O–H groups in total. The number of halogens is 1. The zero-order valence-corrected chi connectivity index (χ0v) is 17.2. The Morgan fingerprint density at radius 3 is 2.84 bits per heavy atom. The fourth-order valence-corrected chi connectivity index (χ4v) is 5.30. The fraction of sp³-hybridized carbons (Fsp3) is 0.296. The smallest absolute Gasteiger partial charge is 0.139 e. The predicted octanol–water partition coefficient (Wildman–Crippen LogP) is 5.38. The molecule has 0 bridgehead atoms. The molecule has 1 fully saturated rings. The van der Waals surface area contributed by atoms with Gasteiger partial charge in [0.15, 0.2) is 0 Å². The van der Waals surface area contributed by atoms with Crippen LogP contribution in [0.2, 0.25) is 0 Å². The first-order valence-corrected chi connectivity index (χ1v) is 10.8. The van der Waals surface area contributed by atoms with E-state index in [2.05, 4.69) is 22.0 Å². The summed E-state index contributed by atoms with van der Waals surface area (Å²) in [5.41, 5.74) is 4.71. The van der Waals surface area contributed by atoms with E-state index >= 15 is 0 Å². The molecule has 31 heavy (non-hydrogen) atoms. The maximum absolute atomic E-state index is 13.8. The van der Waals surface area contributed by atoms with E-state index in [-0.39, 0.29) is 11.6 Å². The van der Waals surface area contributed by atoms with Crippen molar-refractivity contribution in [3.05, 3.63) is 77.5 Å². The average Bonchev–Trinajstić information content (AvgIpc) is 3.32. The lowest BCUT2D eigenvalue weighted by Crippen LogP contribution is -2.10. The van der Waals surface area contributed by atoms with Crippen LogP contribution >= 0.6 is 0 Å². The quantitative estimate of drug-likeness (QED) is 0.530. The van der Waals surface area contributed by atoms with Crippen LogP contribution in [-0.2, 0) is 11.2 Å². The third-order valence-corrected chi connectivity index (χ3v) is 6.68. The lowest BCUT2D eigenvalue weighted by atomic mass is 9.93. The second kappa shape index (κ2) is 8.07. The maximum Gasteiger partial charge on any atom is 0.139 e. The molecule has 3 atom stereocenters. The molecule has 3 aromatic rings. The van der Waals surface area contributed by atoms with Crippen molar-refractivity contribution in [2.45, 2.75) is 32.1 Å². The lowest BCUT2D eigenvalue weighted by Gasteiger charge is -2.12. The number of nitrogens with zero attached hydrogens (tertiary/aromatic N) is 2. The molecule has 0 unspecified atom stereocenters. The van der Waals surface area contributed by atoms with Crippen molar-refractivity contribution in [1.82, 2.24) is 9.97 Å². The van der Waals surface area contributed by atoms with E-state index < -0.39 is 0 Å². The number of fused-ring (bicyclic) bond motifs is 2. The molecule has 0 spiro atoms. The number of aromatic nitrogens is 2. The minimum Gasteiger partial charge on any atom is -0.299 e. The van der Waals surface area contributed by atoms with Gasteiger partial charge < -0.3 is 0 Å². The van der Waals surface area contributed by atoms with Gasteiger partial charge in [0.1, 0.15) is 11.6 Å². The van der Waals surface area contributed by atoms with Gasteiger partial charge in [-0.05, 0) is 84.6 Å². The molecular formula is C27H23FN2O. The Kier molecular flexibility index (Phi) is 5.11. The molecule has 2 heterocycles. The Labute approximate surface area is 181 Å². The first-order valence-electron chi connectivity index (χ1n) is 10.8. The molecule has 0 radical (unpaired) electrons. The largest absolute Gasteiger partial charge is 0.299 e. The van der Waals surface area contributed by atoms with Gasteiger partial charge in [0.05, 0.1) is 5.52 Å². The highest BCUT2D eigenvalue weighted by molar-refractivity contribution is 5.92. The minimum atomic E-state index is -0.234. The van der Waals surface area contributed by atoms with E-state index in [0.29, 0.717) is 30.6 Å². The zero-order chi connectivity index (χ0) is 21.4. The highest BCUT2D eigenvalue weighted by atomic mass is 19.1. The molecule has 2 aliphatic rings. The van der Waals surface area contributed by atoms with E-state index in [9.17, 15) is 9.18 Å². The zero-order valence-electron chi connectivity index (χ0n) is 17.2. The van der Waals surface area contributed by atoms with Gasteiger partial charge in [0.2, 0.25) is 0 Å². The van der Waals surface area contributed by atoms with Crippen molar-refractivity contribution >= 4 is 22.3 Å². The van der Waals surface area contributed by atoms with Crippen molar-refractivity contribution in [1.29, 1.82) is 0 Å². The number of Topliss-reactive ketones (excluding diaryl/α,β-unsaturated/α-hetero) is 1. The van der Waals surface area contributed by atoms with Crippen LogP contribution in [0.15, 0.2) is 54.9 Å². The van der Waals surface area contributed by atoms with Gasteiger partial charge in [0.25, 0.3) is 0 Å². The first-order chi connectivity index (χ1) is 15.1. The van der Waals surface area contributed by atoms with Crippen LogP contribution in [0.3, 0.4) is 0 Å². The Morgan fingerprint density at radius 2 is 2.06 bits per heavy atom. The number of rotatable bonds is 5. The molecular weight excluding hydrogens is 387 g/mol.